The minimum absolute atomic E-state index is 0.512. The molecule has 0 aliphatic heterocycles. The Kier molecular flexibility index (Phi) is 4.48. The summed E-state index contributed by atoms with van der Waals surface area (Å²) in [4.78, 5) is 0. The van der Waals surface area contributed by atoms with E-state index in [0.717, 1.165) is 0 Å². The smallest absolute Gasteiger partial charge is 0.537 e. The van der Waals surface area contributed by atoms with Crippen molar-refractivity contribution in [1.82, 2.24) is 0 Å². The van der Waals surface area contributed by atoms with Gasteiger partial charge in [0.2, 0.25) is 0 Å². The topological polar surface area (TPSA) is 29.5 Å². The molecule has 0 aliphatic carbocycles. The predicted molar refractivity (Wildman–Crippen MR) is 70.3 cm³/mol. The molecule has 16 heavy (non-hydrogen) atoms. The Morgan fingerprint density at radius 2 is 2.06 bits per heavy atom. The molecule has 0 aromatic heterocycles. The van der Waals surface area contributed by atoms with Crippen molar-refractivity contribution in [2.75, 3.05) is 0 Å². The fourth-order valence-corrected chi connectivity index (χ4v) is 1.70. The van der Waals surface area contributed by atoms with Gasteiger partial charge in [-0.3, -0.25) is 0 Å². The van der Waals surface area contributed by atoms with Gasteiger partial charge in [0.1, 0.15) is 13.8 Å². The monoisotopic (exact) mass is 251 g/mol. The van der Waals surface area contributed by atoms with Crippen molar-refractivity contribution in [3.63, 3.8) is 0 Å². The average Bonchev–Trinajstić information content (AvgIpc) is 2.17. The number of hydrogen-bond acceptors (Lipinski definition) is 2. The van der Waals surface area contributed by atoms with Crippen molar-refractivity contribution in [1.29, 1.82) is 0 Å². The van der Waals surface area contributed by atoms with E-state index < -0.39 is 8.07 Å². The summed E-state index contributed by atoms with van der Waals surface area (Å²) in [5.41, 5.74) is 3.91. The third kappa shape index (κ3) is 4.32. The van der Waals surface area contributed by atoms with E-state index in [1.165, 1.54) is 0 Å². The van der Waals surface area contributed by atoms with Crippen LogP contribution in [0.2, 0.25) is 24.7 Å². The van der Waals surface area contributed by atoms with Gasteiger partial charge in [0.25, 0.3) is 0 Å². The lowest BCUT2D eigenvalue weighted by molar-refractivity contribution is 0.453. The van der Waals surface area contributed by atoms with Gasteiger partial charge in [-0.15, -0.1) is 5.54 Å². The van der Waals surface area contributed by atoms with Gasteiger partial charge in [0, 0.05) is 5.02 Å². The van der Waals surface area contributed by atoms with E-state index >= 15 is 0 Å². The van der Waals surface area contributed by atoms with Crippen LogP contribution in [0.15, 0.2) is 18.2 Å². The second-order valence-electron chi connectivity index (χ2n) is 4.36. The second-order valence-corrected chi connectivity index (χ2v) is 9.55. The van der Waals surface area contributed by atoms with Crippen LogP contribution in [-0.4, -0.2) is 20.8 Å². The Bertz CT molecular complexity index is 432. The van der Waals surface area contributed by atoms with Gasteiger partial charge in [-0.05, 0) is 18.2 Å². The van der Waals surface area contributed by atoms with E-state index in [9.17, 15) is 0 Å². The molecule has 0 saturated carbocycles. The van der Waals surface area contributed by atoms with Gasteiger partial charge in [-0.25, -0.2) is 0 Å². The molecule has 0 atom stereocenters. The lowest BCUT2D eigenvalue weighted by Crippen LogP contribution is -2.16. The zero-order valence-corrected chi connectivity index (χ0v) is 11.3. The van der Waals surface area contributed by atoms with Crippen LogP contribution in [0.4, 0.5) is 0 Å². The van der Waals surface area contributed by atoms with Crippen molar-refractivity contribution >= 4 is 27.4 Å². The van der Waals surface area contributed by atoms with E-state index in [1.807, 2.05) is 0 Å². The van der Waals surface area contributed by atoms with Gasteiger partial charge >= 0.3 is 7.69 Å². The molecular weight excluding hydrogens is 238 g/mol. The molecule has 1 aromatic carbocycles. The van der Waals surface area contributed by atoms with Crippen LogP contribution >= 0.6 is 11.6 Å². The number of benzene rings is 1. The van der Waals surface area contributed by atoms with E-state index in [-0.39, 0.29) is 0 Å². The Morgan fingerprint density at radius 1 is 1.38 bits per heavy atom. The Labute approximate surface area is 103 Å². The summed E-state index contributed by atoms with van der Waals surface area (Å²) >= 11 is 5.88. The van der Waals surface area contributed by atoms with Crippen molar-refractivity contribution in [2.45, 2.75) is 19.6 Å². The minimum atomic E-state index is -1.44. The molecule has 0 heterocycles. The van der Waals surface area contributed by atoms with Crippen molar-refractivity contribution in [2.24, 2.45) is 0 Å². The maximum Gasteiger partial charge on any atom is 0.569 e. The maximum atomic E-state index is 8.62. The van der Waals surface area contributed by atoms with Crippen molar-refractivity contribution < 1.29 is 9.68 Å². The molecule has 0 saturated heterocycles. The van der Waals surface area contributed by atoms with Gasteiger partial charge < -0.3 is 9.68 Å². The van der Waals surface area contributed by atoms with Crippen LogP contribution < -0.4 is 4.65 Å². The highest BCUT2D eigenvalue weighted by Gasteiger charge is 2.09. The first-order chi connectivity index (χ1) is 7.42. The molecule has 1 aromatic rings. The van der Waals surface area contributed by atoms with Gasteiger partial charge in [0.05, 0.1) is 5.56 Å². The third-order valence-electron chi connectivity index (χ3n) is 1.69. The summed E-state index contributed by atoms with van der Waals surface area (Å²) in [6, 6.07) is 5.11. The van der Waals surface area contributed by atoms with Crippen molar-refractivity contribution in [3.8, 4) is 17.2 Å². The summed E-state index contributed by atoms with van der Waals surface area (Å²) in [5.74, 6) is 3.56. The zero-order valence-electron chi connectivity index (χ0n) is 9.54. The molecule has 0 bridgehead atoms. The molecule has 1 N–H and O–H groups in total. The summed E-state index contributed by atoms with van der Waals surface area (Å²) in [5, 5.41) is 9.22. The number of halogens is 1. The molecule has 2 nitrogen and oxygen atoms in total. The highest BCUT2D eigenvalue weighted by molar-refractivity contribution is 6.83. The van der Waals surface area contributed by atoms with Crippen LogP contribution in [0.5, 0.6) is 5.75 Å². The van der Waals surface area contributed by atoms with Gasteiger partial charge in [-0.1, -0.05) is 37.2 Å². The first-order valence-electron chi connectivity index (χ1n) is 4.88. The molecule has 0 unspecified atom stereocenters. The molecule has 0 spiro atoms. The fraction of sp³-hybridized carbons (Fsp3) is 0.273. The quantitative estimate of drug-likeness (QED) is 0.646. The largest absolute Gasteiger partial charge is 0.569 e. The Morgan fingerprint density at radius 3 is 2.62 bits per heavy atom. The molecule has 5 heteroatoms. The summed E-state index contributed by atoms with van der Waals surface area (Å²) in [7, 11) is -0.794. The Balaban J connectivity index is 3.08. The van der Waals surface area contributed by atoms with Crippen LogP contribution in [0.1, 0.15) is 5.56 Å². The lowest BCUT2D eigenvalue weighted by atomic mass is 10.2. The van der Waals surface area contributed by atoms with Crippen LogP contribution in [0.25, 0.3) is 0 Å². The molecule has 1 rings (SSSR count). The van der Waals surface area contributed by atoms with Crippen molar-refractivity contribution in [3.05, 3.63) is 28.8 Å². The van der Waals surface area contributed by atoms with Gasteiger partial charge in [0.15, 0.2) is 0 Å². The summed E-state index contributed by atoms with van der Waals surface area (Å²) in [6.07, 6.45) is 0. The lowest BCUT2D eigenvalue weighted by Gasteiger charge is -2.07. The predicted octanol–water partition coefficient (Wildman–Crippen LogP) is 2.47. The normalized spacial score (nSPS) is 10.3. The molecule has 83 valence electrons. The highest BCUT2D eigenvalue weighted by Crippen LogP contribution is 2.21. The van der Waals surface area contributed by atoms with Crippen LogP contribution in [0, 0.1) is 11.5 Å². The van der Waals surface area contributed by atoms with E-state index in [4.69, 9.17) is 21.3 Å². The first kappa shape index (κ1) is 13.2. The van der Waals surface area contributed by atoms with Crippen LogP contribution in [-0.2, 0) is 0 Å². The van der Waals surface area contributed by atoms with E-state index in [2.05, 4.69) is 31.1 Å². The average molecular weight is 252 g/mol. The molecule has 0 fully saturated rings. The fourth-order valence-electron chi connectivity index (χ4n) is 1.01. The second kappa shape index (κ2) is 5.44. The maximum absolute atomic E-state index is 8.62. The first-order valence-corrected chi connectivity index (χ1v) is 8.75. The van der Waals surface area contributed by atoms with E-state index in [0.29, 0.717) is 24.0 Å². The standard InChI is InChI=1S/C11H13BClO2Si/c1-16(2,3)7-6-9-8-10(13)4-5-11(9)15-12-14/h4-5,8,14H,1-3H3. The zero-order chi connectivity index (χ0) is 12.2. The molecule has 1 radical (unpaired) electrons. The minimum Gasteiger partial charge on any atom is -0.537 e. The molecular formula is C11H13BClO2Si. The summed E-state index contributed by atoms with van der Waals surface area (Å²) < 4.78 is 4.94. The van der Waals surface area contributed by atoms with Gasteiger partial charge in [-0.2, -0.15) is 0 Å². The Hall–Kier alpha value is -0.888. The SMILES string of the molecule is C[Si](C)(C)C#Cc1cc(Cl)ccc1O[B]O. The van der Waals surface area contributed by atoms with E-state index in [1.54, 1.807) is 18.2 Å². The number of rotatable bonds is 2. The molecule has 0 aliphatic rings. The summed E-state index contributed by atoms with van der Waals surface area (Å²) in [6.45, 7) is 6.47. The highest BCUT2D eigenvalue weighted by atomic mass is 35.5. The molecule has 0 amide bonds. The van der Waals surface area contributed by atoms with Crippen LogP contribution in [0.3, 0.4) is 0 Å². The third-order valence-corrected chi connectivity index (χ3v) is 2.80. The number of hydrogen-bond donors (Lipinski definition) is 1.